The molecule has 0 amide bonds. The highest BCUT2D eigenvalue weighted by molar-refractivity contribution is 5.29. The van der Waals surface area contributed by atoms with E-state index in [4.69, 9.17) is 4.74 Å². The number of rotatable bonds is 4. The molecule has 1 aliphatic rings. The molecule has 1 N–H and O–H groups in total. The van der Waals surface area contributed by atoms with Crippen molar-refractivity contribution in [2.45, 2.75) is 32.0 Å². The molecule has 2 rings (SSSR count). The molecule has 0 saturated carbocycles. The molecule has 1 heterocycles. The minimum Gasteiger partial charge on any atom is -0.381 e. The van der Waals surface area contributed by atoms with Crippen molar-refractivity contribution in [3.05, 3.63) is 35.1 Å². The highest BCUT2D eigenvalue weighted by atomic mass is 19.4. The number of hydrogen-bond donors (Lipinski definition) is 1. The van der Waals surface area contributed by atoms with Gasteiger partial charge in [-0.1, -0.05) is 13.0 Å². The zero-order chi connectivity index (χ0) is 15.5. The van der Waals surface area contributed by atoms with E-state index in [1.165, 1.54) is 6.07 Å². The lowest BCUT2D eigenvalue weighted by molar-refractivity contribution is -0.140. The SMILES string of the molecule is CCNC(c1ccc(C(F)(F)F)c(F)c1)C1CCCOC1. The normalized spacial score (nSPS) is 21.3. The monoisotopic (exact) mass is 305 g/mol. The maximum atomic E-state index is 13.7. The fourth-order valence-electron chi connectivity index (χ4n) is 2.76. The van der Waals surface area contributed by atoms with Crippen molar-refractivity contribution >= 4 is 0 Å². The summed E-state index contributed by atoms with van der Waals surface area (Å²) in [6, 6.07) is 2.98. The van der Waals surface area contributed by atoms with Crippen molar-refractivity contribution in [1.29, 1.82) is 0 Å². The second-order valence-electron chi connectivity index (χ2n) is 5.25. The maximum absolute atomic E-state index is 13.7. The summed E-state index contributed by atoms with van der Waals surface area (Å²) in [5.41, 5.74) is -0.681. The van der Waals surface area contributed by atoms with Gasteiger partial charge in [0.25, 0.3) is 0 Å². The van der Waals surface area contributed by atoms with Crippen LogP contribution in [0.1, 0.15) is 36.9 Å². The molecule has 1 aromatic carbocycles. The first-order valence-electron chi connectivity index (χ1n) is 7.11. The van der Waals surface area contributed by atoms with Crippen LogP contribution in [0.3, 0.4) is 0 Å². The summed E-state index contributed by atoms with van der Waals surface area (Å²) < 4.78 is 57.0. The minimum atomic E-state index is -4.66. The molecule has 2 atom stereocenters. The average molecular weight is 305 g/mol. The van der Waals surface area contributed by atoms with Gasteiger partial charge in [0.05, 0.1) is 12.2 Å². The number of alkyl halides is 3. The summed E-state index contributed by atoms with van der Waals surface area (Å²) in [6.45, 7) is 3.82. The molecular weight excluding hydrogens is 286 g/mol. The summed E-state index contributed by atoms with van der Waals surface area (Å²) in [5.74, 6) is -1.07. The molecule has 2 nitrogen and oxygen atoms in total. The van der Waals surface area contributed by atoms with Gasteiger partial charge in [0.2, 0.25) is 0 Å². The standard InChI is InChI=1S/C15H19F4NO/c1-2-20-14(11-4-3-7-21-9-11)10-5-6-12(13(16)8-10)15(17,18)19/h5-6,8,11,14,20H,2-4,7,9H2,1H3. The van der Waals surface area contributed by atoms with E-state index < -0.39 is 17.6 Å². The lowest BCUT2D eigenvalue weighted by Crippen LogP contribution is -2.33. The highest BCUT2D eigenvalue weighted by Gasteiger charge is 2.35. The Hall–Kier alpha value is -1.14. The third kappa shape index (κ3) is 3.95. The van der Waals surface area contributed by atoms with E-state index in [-0.39, 0.29) is 12.0 Å². The Kier molecular flexibility index (Phi) is 5.22. The fourth-order valence-corrected chi connectivity index (χ4v) is 2.76. The third-order valence-corrected chi connectivity index (χ3v) is 3.75. The highest BCUT2D eigenvalue weighted by Crippen LogP contribution is 2.34. The second-order valence-corrected chi connectivity index (χ2v) is 5.25. The van der Waals surface area contributed by atoms with E-state index in [1.807, 2.05) is 6.92 Å². The first-order chi connectivity index (χ1) is 9.93. The molecule has 0 bridgehead atoms. The van der Waals surface area contributed by atoms with Gasteiger partial charge in [0.1, 0.15) is 5.82 Å². The van der Waals surface area contributed by atoms with Crippen molar-refractivity contribution in [3.63, 3.8) is 0 Å². The Bertz CT molecular complexity index is 469. The first kappa shape index (κ1) is 16.2. The summed E-state index contributed by atoms with van der Waals surface area (Å²) in [4.78, 5) is 0. The van der Waals surface area contributed by atoms with Gasteiger partial charge in [0.15, 0.2) is 0 Å². The smallest absolute Gasteiger partial charge is 0.381 e. The first-order valence-corrected chi connectivity index (χ1v) is 7.11. The predicted octanol–water partition coefficient (Wildman–Crippen LogP) is 3.92. The number of halogens is 4. The van der Waals surface area contributed by atoms with Gasteiger partial charge in [-0.15, -0.1) is 0 Å². The van der Waals surface area contributed by atoms with Crippen LogP contribution in [0.15, 0.2) is 18.2 Å². The summed E-state index contributed by atoms with van der Waals surface area (Å²) >= 11 is 0. The molecule has 2 unspecified atom stereocenters. The molecule has 0 aliphatic carbocycles. The van der Waals surface area contributed by atoms with Crippen LogP contribution >= 0.6 is 0 Å². The van der Waals surface area contributed by atoms with Crippen molar-refractivity contribution in [2.24, 2.45) is 5.92 Å². The Balaban J connectivity index is 2.26. The van der Waals surface area contributed by atoms with E-state index in [0.29, 0.717) is 25.3 Å². The van der Waals surface area contributed by atoms with Crippen LogP contribution in [0.4, 0.5) is 17.6 Å². The number of ether oxygens (including phenoxy) is 1. The van der Waals surface area contributed by atoms with Crippen LogP contribution in [0.25, 0.3) is 0 Å². The topological polar surface area (TPSA) is 21.3 Å². The zero-order valence-electron chi connectivity index (χ0n) is 11.8. The van der Waals surface area contributed by atoms with Gasteiger partial charge in [0, 0.05) is 18.6 Å². The summed E-state index contributed by atoms with van der Waals surface area (Å²) in [5, 5.41) is 3.23. The van der Waals surface area contributed by atoms with Gasteiger partial charge in [-0.2, -0.15) is 13.2 Å². The van der Waals surface area contributed by atoms with Crippen molar-refractivity contribution in [2.75, 3.05) is 19.8 Å². The molecule has 1 aliphatic heterocycles. The van der Waals surface area contributed by atoms with Gasteiger partial charge in [-0.25, -0.2) is 4.39 Å². The Morgan fingerprint density at radius 1 is 1.38 bits per heavy atom. The molecule has 0 radical (unpaired) electrons. The fraction of sp³-hybridized carbons (Fsp3) is 0.600. The maximum Gasteiger partial charge on any atom is 0.419 e. The van der Waals surface area contributed by atoms with Crippen LogP contribution < -0.4 is 5.32 Å². The van der Waals surface area contributed by atoms with E-state index in [1.54, 1.807) is 0 Å². The molecule has 118 valence electrons. The molecule has 1 aromatic rings. The molecule has 0 aromatic heterocycles. The molecule has 1 fully saturated rings. The summed E-state index contributed by atoms with van der Waals surface area (Å²) in [6.07, 6.45) is -2.83. The molecule has 6 heteroatoms. The van der Waals surface area contributed by atoms with E-state index >= 15 is 0 Å². The molecular formula is C15H19F4NO. The quantitative estimate of drug-likeness (QED) is 0.851. The van der Waals surface area contributed by atoms with Crippen LogP contribution in [0.2, 0.25) is 0 Å². The third-order valence-electron chi connectivity index (χ3n) is 3.75. The van der Waals surface area contributed by atoms with E-state index in [2.05, 4.69) is 5.32 Å². The Labute approximate surface area is 121 Å². The zero-order valence-corrected chi connectivity index (χ0v) is 11.8. The van der Waals surface area contributed by atoms with Crippen LogP contribution in [0.5, 0.6) is 0 Å². The number of hydrogen-bond acceptors (Lipinski definition) is 2. The van der Waals surface area contributed by atoms with Gasteiger partial charge < -0.3 is 10.1 Å². The van der Waals surface area contributed by atoms with Crippen molar-refractivity contribution < 1.29 is 22.3 Å². The van der Waals surface area contributed by atoms with Crippen LogP contribution in [-0.4, -0.2) is 19.8 Å². The summed E-state index contributed by atoms with van der Waals surface area (Å²) in [7, 11) is 0. The van der Waals surface area contributed by atoms with Gasteiger partial charge in [-0.3, -0.25) is 0 Å². The minimum absolute atomic E-state index is 0.148. The van der Waals surface area contributed by atoms with E-state index in [0.717, 1.165) is 25.0 Å². The van der Waals surface area contributed by atoms with Gasteiger partial charge in [-0.05, 0) is 37.1 Å². The van der Waals surface area contributed by atoms with Crippen molar-refractivity contribution in [1.82, 2.24) is 5.32 Å². The van der Waals surface area contributed by atoms with Crippen LogP contribution in [-0.2, 0) is 10.9 Å². The second kappa shape index (κ2) is 6.75. The number of nitrogens with one attached hydrogen (secondary N) is 1. The lowest BCUT2D eigenvalue weighted by Gasteiger charge is -2.31. The van der Waals surface area contributed by atoms with Gasteiger partial charge >= 0.3 is 6.18 Å². The van der Waals surface area contributed by atoms with E-state index in [9.17, 15) is 17.6 Å². The lowest BCUT2D eigenvalue weighted by atomic mass is 9.88. The largest absolute Gasteiger partial charge is 0.419 e. The molecule has 0 spiro atoms. The van der Waals surface area contributed by atoms with Crippen LogP contribution in [0, 0.1) is 11.7 Å². The molecule has 1 saturated heterocycles. The Morgan fingerprint density at radius 2 is 2.14 bits per heavy atom. The predicted molar refractivity (Wildman–Crippen MR) is 71.4 cm³/mol. The molecule has 21 heavy (non-hydrogen) atoms. The number of benzene rings is 1. The van der Waals surface area contributed by atoms with Crippen molar-refractivity contribution in [3.8, 4) is 0 Å². The average Bonchev–Trinajstić information content (AvgIpc) is 2.44. The Morgan fingerprint density at radius 3 is 2.67 bits per heavy atom.